The van der Waals surface area contributed by atoms with E-state index in [-0.39, 0.29) is 17.0 Å². The SMILES string of the molecule is C=C(C)c1cc(C(=O)OC)c(F)cn1.COC(=O)c1cc(C(C)C)ncc1F. The van der Waals surface area contributed by atoms with E-state index in [4.69, 9.17) is 0 Å². The summed E-state index contributed by atoms with van der Waals surface area (Å²) in [7, 11) is 2.42. The topological polar surface area (TPSA) is 78.4 Å². The van der Waals surface area contributed by atoms with Gasteiger partial charge in [-0.25, -0.2) is 18.4 Å². The van der Waals surface area contributed by atoms with Crippen molar-refractivity contribution in [1.29, 1.82) is 0 Å². The Bertz CT molecular complexity index is 883. The first-order chi connectivity index (χ1) is 13.1. The molecule has 28 heavy (non-hydrogen) atoms. The first-order valence-electron chi connectivity index (χ1n) is 8.25. The number of aromatic nitrogens is 2. The van der Waals surface area contributed by atoms with Gasteiger partial charge in [0.15, 0.2) is 11.6 Å². The Labute approximate surface area is 162 Å². The molecule has 8 heteroatoms. The third-order valence-electron chi connectivity index (χ3n) is 3.57. The van der Waals surface area contributed by atoms with Crippen molar-refractivity contribution in [2.75, 3.05) is 14.2 Å². The third-order valence-corrected chi connectivity index (χ3v) is 3.57. The minimum Gasteiger partial charge on any atom is -0.465 e. The lowest BCUT2D eigenvalue weighted by atomic mass is 10.1. The van der Waals surface area contributed by atoms with Gasteiger partial charge in [0.25, 0.3) is 0 Å². The number of esters is 2. The average molecular weight is 392 g/mol. The number of allylic oxidation sites excluding steroid dienone is 1. The highest BCUT2D eigenvalue weighted by atomic mass is 19.1. The summed E-state index contributed by atoms with van der Waals surface area (Å²) in [5.74, 6) is -2.58. The fourth-order valence-corrected chi connectivity index (χ4v) is 1.98. The highest BCUT2D eigenvalue weighted by molar-refractivity contribution is 5.90. The predicted octanol–water partition coefficient (Wildman–Crippen LogP) is 4.17. The summed E-state index contributed by atoms with van der Waals surface area (Å²) >= 11 is 0. The Balaban J connectivity index is 0.000000280. The first-order valence-corrected chi connectivity index (χ1v) is 8.25. The second kappa shape index (κ2) is 10.2. The number of ether oxygens (including phenoxy) is 2. The molecule has 0 aliphatic carbocycles. The second-order valence-electron chi connectivity index (χ2n) is 6.06. The van der Waals surface area contributed by atoms with Gasteiger partial charge in [0.05, 0.1) is 43.4 Å². The Hall–Kier alpha value is -3.16. The van der Waals surface area contributed by atoms with Crippen molar-refractivity contribution in [2.45, 2.75) is 26.7 Å². The first kappa shape index (κ1) is 22.9. The van der Waals surface area contributed by atoms with Gasteiger partial charge in [0.2, 0.25) is 0 Å². The van der Waals surface area contributed by atoms with Crippen LogP contribution in [0.5, 0.6) is 0 Å². The van der Waals surface area contributed by atoms with E-state index in [1.807, 2.05) is 13.8 Å². The van der Waals surface area contributed by atoms with E-state index in [2.05, 4.69) is 26.0 Å². The van der Waals surface area contributed by atoms with Gasteiger partial charge in [-0.3, -0.25) is 9.97 Å². The van der Waals surface area contributed by atoms with Crippen LogP contribution in [0.25, 0.3) is 5.57 Å². The zero-order valence-corrected chi connectivity index (χ0v) is 16.4. The van der Waals surface area contributed by atoms with Gasteiger partial charge in [-0.2, -0.15) is 0 Å². The van der Waals surface area contributed by atoms with Crippen LogP contribution in [0.2, 0.25) is 0 Å². The van der Waals surface area contributed by atoms with Gasteiger partial charge in [-0.1, -0.05) is 20.4 Å². The lowest BCUT2D eigenvalue weighted by molar-refractivity contribution is 0.0586. The summed E-state index contributed by atoms with van der Waals surface area (Å²) in [4.78, 5) is 29.9. The lowest BCUT2D eigenvalue weighted by Gasteiger charge is -2.06. The van der Waals surface area contributed by atoms with Crippen LogP contribution < -0.4 is 0 Å². The molecular weight excluding hydrogens is 370 g/mol. The number of hydrogen-bond donors (Lipinski definition) is 0. The van der Waals surface area contributed by atoms with Crippen molar-refractivity contribution in [3.8, 4) is 0 Å². The minimum atomic E-state index is -0.715. The van der Waals surface area contributed by atoms with Crippen LogP contribution in [0.1, 0.15) is 58.8 Å². The maximum absolute atomic E-state index is 13.1. The molecule has 0 unspecified atom stereocenters. The fraction of sp³-hybridized carbons (Fsp3) is 0.300. The van der Waals surface area contributed by atoms with E-state index >= 15 is 0 Å². The van der Waals surface area contributed by atoms with Gasteiger partial charge >= 0.3 is 11.9 Å². The molecule has 6 nitrogen and oxygen atoms in total. The molecule has 0 amide bonds. The van der Waals surface area contributed by atoms with Crippen LogP contribution in [-0.4, -0.2) is 36.1 Å². The molecule has 0 saturated carbocycles. The third kappa shape index (κ3) is 5.94. The number of carbonyl (C=O) groups is 2. The number of nitrogens with zero attached hydrogens (tertiary/aromatic N) is 2. The van der Waals surface area contributed by atoms with Gasteiger partial charge in [-0.05, 0) is 30.5 Å². The molecule has 0 bridgehead atoms. The minimum absolute atomic E-state index is 0.0637. The van der Waals surface area contributed by atoms with Crippen molar-refractivity contribution >= 4 is 17.5 Å². The molecule has 150 valence electrons. The Morgan fingerprint density at radius 1 is 0.964 bits per heavy atom. The van der Waals surface area contributed by atoms with Crippen molar-refractivity contribution in [3.63, 3.8) is 0 Å². The van der Waals surface area contributed by atoms with E-state index in [0.717, 1.165) is 12.4 Å². The normalized spacial score (nSPS) is 10.0. The van der Waals surface area contributed by atoms with Crippen LogP contribution in [-0.2, 0) is 9.47 Å². The molecule has 2 aromatic heterocycles. The summed E-state index contributed by atoms with van der Waals surface area (Å²) in [6.45, 7) is 9.20. The average Bonchev–Trinajstić information content (AvgIpc) is 2.67. The summed E-state index contributed by atoms with van der Waals surface area (Å²) in [5.41, 5.74) is 1.63. The molecule has 0 saturated heterocycles. The molecule has 0 aliphatic heterocycles. The Kier molecular flexibility index (Phi) is 8.37. The molecule has 2 heterocycles. The molecule has 0 fully saturated rings. The van der Waals surface area contributed by atoms with Gasteiger partial charge < -0.3 is 9.47 Å². The Morgan fingerprint density at radius 3 is 1.86 bits per heavy atom. The summed E-state index contributed by atoms with van der Waals surface area (Å²) in [6, 6.07) is 2.75. The van der Waals surface area contributed by atoms with Gasteiger partial charge in [-0.15, -0.1) is 0 Å². The van der Waals surface area contributed by atoms with Gasteiger partial charge in [0.1, 0.15) is 0 Å². The number of pyridine rings is 2. The zero-order valence-electron chi connectivity index (χ0n) is 16.4. The predicted molar refractivity (Wildman–Crippen MR) is 99.9 cm³/mol. The molecule has 0 atom stereocenters. The molecule has 2 aromatic rings. The molecule has 0 spiro atoms. The van der Waals surface area contributed by atoms with Crippen LogP contribution in [0, 0.1) is 11.6 Å². The highest BCUT2D eigenvalue weighted by Crippen LogP contribution is 2.16. The van der Waals surface area contributed by atoms with Crippen molar-refractivity contribution in [2.24, 2.45) is 0 Å². The van der Waals surface area contributed by atoms with Crippen molar-refractivity contribution < 1.29 is 27.8 Å². The van der Waals surface area contributed by atoms with Crippen molar-refractivity contribution in [3.05, 3.63) is 65.3 Å². The zero-order chi connectivity index (χ0) is 21.4. The molecule has 0 aromatic carbocycles. The van der Waals surface area contributed by atoms with E-state index in [9.17, 15) is 18.4 Å². The number of carbonyl (C=O) groups excluding carboxylic acids is 2. The monoisotopic (exact) mass is 392 g/mol. The maximum Gasteiger partial charge on any atom is 0.340 e. The van der Waals surface area contributed by atoms with E-state index in [1.54, 1.807) is 6.92 Å². The van der Waals surface area contributed by atoms with Crippen LogP contribution in [0.3, 0.4) is 0 Å². The second-order valence-corrected chi connectivity index (χ2v) is 6.06. The van der Waals surface area contributed by atoms with Gasteiger partial charge in [0, 0.05) is 5.69 Å². The lowest BCUT2D eigenvalue weighted by Crippen LogP contribution is -2.07. The number of methoxy groups -OCH3 is 2. The highest BCUT2D eigenvalue weighted by Gasteiger charge is 2.15. The Morgan fingerprint density at radius 2 is 1.43 bits per heavy atom. The van der Waals surface area contributed by atoms with E-state index in [0.29, 0.717) is 17.0 Å². The fourth-order valence-electron chi connectivity index (χ4n) is 1.98. The summed E-state index contributed by atoms with van der Waals surface area (Å²) in [5, 5.41) is 0. The molecule has 0 N–H and O–H groups in total. The van der Waals surface area contributed by atoms with E-state index in [1.165, 1.54) is 26.4 Å². The molecular formula is C20H22F2N2O4. The quantitative estimate of drug-likeness (QED) is 0.727. The number of rotatable bonds is 4. The summed E-state index contributed by atoms with van der Waals surface area (Å²) in [6.07, 6.45) is 2.03. The summed E-state index contributed by atoms with van der Waals surface area (Å²) < 4.78 is 35.0. The van der Waals surface area contributed by atoms with Crippen molar-refractivity contribution in [1.82, 2.24) is 9.97 Å². The molecule has 2 rings (SSSR count). The largest absolute Gasteiger partial charge is 0.465 e. The maximum atomic E-state index is 13.1. The standard InChI is InChI=1S/C10H12FNO2.C10H10FNO2/c2*1-6(2)9-4-7(10(13)14-3)8(11)5-12-9/h4-6H,1-3H3;4-5H,1H2,2-3H3. The molecule has 0 aliphatic rings. The number of halogens is 2. The smallest absolute Gasteiger partial charge is 0.340 e. The number of hydrogen-bond acceptors (Lipinski definition) is 6. The van der Waals surface area contributed by atoms with Crippen LogP contribution in [0.4, 0.5) is 8.78 Å². The van der Waals surface area contributed by atoms with E-state index < -0.39 is 23.6 Å². The van der Waals surface area contributed by atoms with Crippen LogP contribution >= 0.6 is 0 Å². The molecule has 0 radical (unpaired) electrons. The van der Waals surface area contributed by atoms with Crippen LogP contribution in [0.15, 0.2) is 31.1 Å².